The largest absolute Gasteiger partial charge is 0.394 e. The number of thioether (sulfide) groups is 1. The highest BCUT2D eigenvalue weighted by atomic mass is 32.2. The molecule has 35 heavy (non-hydrogen) atoms. The maximum Gasteiger partial charge on any atom is 0.189 e. The molecule has 2 aliphatic carbocycles. The Morgan fingerprint density at radius 3 is 2.69 bits per heavy atom. The molecule has 2 fully saturated rings. The van der Waals surface area contributed by atoms with Gasteiger partial charge in [0.05, 0.1) is 36.7 Å². The quantitative estimate of drug-likeness (QED) is 0.228. The fraction of sp³-hybridized carbons (Fsp3) is 0.583. The number of aliphatic hydroxyl groups excluding tert-OH is 3. The summed E-state index contributed by atoms with van der Waals surface area (Å²) in [5.41, 5.74) is 8.23. The van der Waals surface area contributed by atoms with Crippen molar-refractivity contribution < 1.29 is 28.8 Å². The molecule has 0 aliphatic heterocycles. The Bertz CT molecular complexity index is 1030. The summed E-state index contributed by atoms with van der Waals surface area (Å²) < 4.78 is 32.4. The smallest absolute Gasteiger partial charge is 0.189 e. The standard InChI is InChI=1S/C24H32F2N4O4S/c1-2-7-35-24-29-17(10-13-8-14(13)12-3-4-15(25)16(26)9-12)20(27)23(30-24)28-18-11-19(34-6-5-31)22(33)21(18)32/h3-4,9,13-14,18-19,21-22,31-33H,2,5-8,10-11,27H2,1H3,(H,28,29,30)/t13-,14-,18+,19-,21-,22+/m0/s1. The number of nitrogen functional groups attached to an aromatic ring is 1. The number of anilines is 2. The van der Waals surface area contributed by atoms with E-state index in [2.05, 4.69) is 22.2 Å². The Hall–Kier alpha value is -2.05. The van der Waals surface area contributed by atoms with E-state index in [1.807, 2.05) is 0 Å². The normalized spacial score (nSPS) is 27.8. The molecule has 6 atom stereocenters. The Kier molecular flexibility index (Phi) is 8.43. The number of aliphatic hydroxyl groups is 3. The molecule has 1 aromatic heterocycles. The Morgan fingerprint density at radius 2 is 1.97 bits per heavy atom. The van der Waals surface area contributed by atoms with Crippen molar-refractivity contribution in [2.45, 2.75) is 68.0 Å². The summed E-state index contributed by atoms with van der Waals surface area (Å²) in [5.74, 6) is -0.188. The van der Waals surface area contributed by atoms with Crippen LogP contribution >= 0.6 is 11.8 Å². The van der Waals surface area contributed by atoms with Gasteiger partial charge >= 0.3 is 0 Å². The lowest BCUT2D eigenvalue weighted by Crippen LogP contribution is -2.36. The summed E-state index contributed by atoms with van der Waals surface area (Å²) in [6.07, 6.45) is -0.164. The number of nitrogens with one attached hydrogen (secondary N) is 1. The van der Waals surface area contributed by atoms with E-state index < -0.39 is 36.0 Å². The van der Waals surface area contributed by atoms with Crippen LogP contribution < -0.4 is 11.1 Å². The molecule has 2 saturated carbocycles. The van der Waals surface area contributed by atoms with Gasteiger partial charge in [0.25, 0.3) is 0 Å². The predicted octanol–water partition coefficient (Wildman–Crippen LogP) is 2.47. The molecule has 0 amide bonds. The minimum Gasteiger partial charge on any atom is -0.394 e. The highest BCUT2D eigenvalue weighted by Crippen LogP contribution is 2.50. The molecule has 2 aliphatic rings. The van der Waals surface area contributed by atoms with Crippen molar-refractivity contribution in [3.63, 3.8) is 0 Å². The second kappa shape index (κ2) is 11.3. The third-order valence-electron chi connectivity index (χ3n) is 6.56. The first-order valence-electron chi connectivity index (χ1n) is 11.9. The number of rotatable bonds is 11. The van der Waals surface area contributed by atoms with Crippen LogP contribution in [-0.4, -0.2) is 68.6 Å². The summed E-state index contributed by atoms with van der Waals surface area (Å²) >= 11 is 1.50. The zero-order valence-corrected chi connectivity index (χ0v) is 20.3. The zero-order chi connectivity index (χ0) is 25.1. The van der Waals surface area contributed by atoms with Gasteiger partial charge in [0.1, 0.15) is 12.2 Å². The lowest BCUT2D eigenvalue weighted by Gasteiger charge is -2.20. The van der Waals surface area contributed by atoms with Gasteiger partial charge in [-0.2, -0.15) is 0 Å². The van der Waals surface area contributed by atoms with Gasteiger partial charge in [0, 0.05) is 5.75 Å². The van der Waals surface area contributed by atoms with E-state index in [1.54, 1.807) is 6.07 Å². The molecule has 11 heteroatoms. The van der Waals surface area contributed by atoms with Crippen molar-refractivity contribution in [2.24, 2.45) is 5.92 Å². The summed E-state index contributed by atoms with van der Waals surface area (Å²) in [6, 6.07) is 3.48. The Balaban J connectivity index is 1.51. The van der Waals surface area contributed by atoms with Crippen LogP contribution in [0.4, 0.5) is 20.3 Å². The molecule has 8 nitrogen and oxygen atoms in total. The first-order valence-corrected chi connectivity index (χ1v) is 12.9. The van der Waals surface area contributed by atoms with Crippen LogP contribution in [0.3, 0.4) is 0 Å². The molecule has 1 aromatic carbocycles. The van der Waals surface area contributed by atoms with Gasteiger partial charge in [-0.05, 0) is 55.2 Å². The third-order valence-corrected chi connectivity index (χ3v) is 7.62. The van der Waals surface area contributed by atoms with Crippen molar-refractivity contribution in [3.8, 4) is 0 Å². The maximum absolute atomic E-state index is 13.7. The molecule has 0 radical (unpaired) electrons. The van der Waals surface area contributed by atoms with Crippen LogP contribution in [0.5, 0.6) is 0 Å². The van der Waals surface area contributed by atoms with Crippen LogP contribution in [-0.2, 0) is 11.2 Å². The average Bonchev–Trinajstić information content (AvgIpc) is 3.56. The van der Waals surface area contributed by atoms with E-state index in [1.165, 1.54) is 17.8 Å². The third kappa shape index (κ3) is 6.03. The lowest BCUT2D eigenvalue weighted by molar-refractivity contribution is -0.0612. The summed E-state index contributed by atoms with van der Waals surface area (Å²) in [5, 5.41) is 33.5. The molecular weight excluding hydrogens is 478 g/mol. The molecule has 4 rings (SSSR count). The Morgan fingerprint density at radius 1 is 1.17 bits per heavy atom. The van der Waals surface area contributed by atoms with Crippen molar-refractivity contribution in [1.82, 2.24) is 9.97 Å². The molecular formula is C24H32F2N4O4S. The number of nitrogens with two attached hydrogens (primary N) is 1. The summed E-state index contributed by atoms with van der Waals surface area (Å²) in [6.45, 7) is 1.95. The van der Waals surface area contributed by atoms with Gasteiger partial charge < -0.3 is 31.1 Å². The number of hydrogen-bond donors (Lipinski definition) is 5. The fourth-order valence-corrected chi connectivity index (χ4v) is 5.28. The van der Waals surface area contributed by atoms with E-state index in [0.29, 0.717) is 35.2 Å². The topological polar surface area (TPSA) is 134 Å². The minimum atomic E-state index is -1.10. The maximum atomic E-state index is 13.7. The predicted molar refractivity (Wildman–Crippen MR) is 129 cm³/mol. The van der Waals surface area contributed by atoms with Gasteiger partial charge in [-0.15, -0.1) is 0 Å². The lowest BCUT2D eigenvalue weighted by atomic mass is 10.1. The second-order valence-corrected chi connectivity index (χ2v) is 10.2. The number of nitrogens with zero attached hydrogens (tertiary/aromatic N) is 2. The van der Waals surface area contributed by atoms with E-state index in [-0.39, 0.29) is 25.0 Å². The molecule has 0 unspecified atom stereocenters. The van der Waals surface area contributed by atoms with Gasteiger partial charge in [0.15, 0.2) is 22.6 Å². The second-order valence-electron chi connectivity index (χ2n) is 9.14. The van der Waals surface area contributed by atoms with Crippen LogP contribution in [0.25, 0.3) is 0 Å². The van der Waals surface area contributed by atoms with Crippen molar-refractivity contribution in [3.05, 3.63) is 41.1 Å². The molecule has 0 saturated heterocycles. The molecule has 1 heterocycles. The molecule has 0 bridgehead atoms. The number of ether oxygens (including phenoxy) is 1. The van der Waals surface area contributed by atoms with Crippen LogP contribution in [0.2, 0.25) is 0 Å². The van der Waals surface area contributed by atoms with E-state index in [9.17, 15) is 19.0 Å². The molecule has 192 valence electrons. The van der Waals surface area contributed by atoms with Gasteiger partial charge in [0.2, 0.25) is 0 Å². The Labute approximate surface area is 207 Å². The number of benzene rings is 1. The number of halogens is 2. The molecule has 2 aromatic rings. The van der Waals surface area contributed by atoms with Gasteiger partial charge in [-0.25, -0.2) is 18.7 Å². The van der Waals surface area contributed by atoms with Crippen molar-refractivity contribution >= 4 is 23.3 Å². The number of hydrogen-bond acceptors (Lipinski definition) is 9. The first kappa shape index (κ1) is 26.0. The highest BCUT2D eigenvalue weighted by molar-refractivity contribution is 7.99. The fourth-order valence-electron chi connectivity index (χ4n) is 4.57. The first-order chi connectivity index (χ1) is 16.8. The monoisotopic (exact) mass is 510 g/mol. The summed E-state index contributed by atoms with van der Waals surface area (Å²) in [4.78, 5) is 9.22. The van der Waals surface area contributed by atoms with Crippen LogP contribution in [0.15, 0.2) is 23.4 Å². The van der Waals surface area contributed by atoms with E-state index in [4.69, 9.17) is 15.6 Å². The number of aromatic nitrogens is 2. The van der Waals surface area contributed by atoms with E-state index in [0.717, 1.165) is 30.2 Å². The van der Waals surface area contributed by atoms with Crippen molar-refractivity contribution in [2.75, 3.05) is 30.0 Å². The zero-order valence-electron chi connectivity index (χ0n) is 19.5. The SMILES string of the molecule is CCCSc1nc(C[C@@H]2C[C@H]2c2ccc(F)c(F)c2)c(N)c(N[C@@H]2C[C@H](OCCO)[C@@H](O)[C@H]2O)n1. The highest BCUT2D eigenvalue weighted by Gasteiger charge is 2.43. The van der Waals surface area contributed by atoms with Gasteiger partial charge in [-0.3, -0.25) is 0 Å². The molecule has 0 spiro atoms. The van der Waals surface area contributed by atoms with Crippen LogP contribution in [0.1, 0.15) is 43.4 Å². The summed E-state index contributed by atoms with van der Waals surface area (Å²) in [7, 11) is 0. The minimum absolute atomic E-state index is 0.0687. The molecule has 6 N–H and O–H groups in total. The van der Waals surface area contributed by atoms with E-state index >= 15 is 0 Å². The van der Waals surface area contributed by atoms with Crippen LogP contribution in [0, 0.1) is 17.6 Å². The average molecular weight is 511 g/mol. The van der Waals surface area contributed by atoms with Crippen molar-refractivity contribution in [1.29, 1.82) is 0 Å². The van der Waals surface area contributed by atoms with Gasteiger partial charge in [-0.1, -0.05) is 24.8 Å².